The molecule has 1 amide bonds. The Labute approximate surface area is 202 Å². The van der Waals surface area contributed by atoms with Crippen molar-refractivity contribution in [2.24, 2.45) is 0 Å². The predicted octanol–water partition coefficient (Wildman–Crippen LogP) is 4.45. The molecule has 0 aliphatic heterocycles. The monoisotopic (exact) mass is 514 g/mol. The van der Waals surface area contributed by atoms with Crippen LogP contribution >= 0.6 is 15.9 Å². The molecule has 0 heterocycles. The molecule has 0 unspecified atom stereocenters. The largest absolute Gasteiger partial charge is 0.490 e. The average molecular weight is 515 g/mol. The number of benzene rings is 2. The highest BCUT2D eigenvalue weighted by Crippen LogP contribution is 2.35. The van der Waals surface area contributed by atoms with E-state index in [9.17, 15) is 14.9 Å². The van der Waals surface area contributed by atoms with E-state index in [2.05, 4.69) is 21.2 Å². The van der Waals surface area contributed by atoms with Gasteiger partial charge in [0.2, 0.25) is 0 Å². The zero-order chi connectivity index (χ0) is 24.1. The van der Waals surface area contributed by atoms with Gasteiger partial charge in [0.1, 0.15) is 11.6 Å². The third kappa shape index (κ3) is 8.62. The molecule has 0 spiro atoms. The van der Waals surface area contributed by atoms with Gasteiger partial charge in [-0.2, -0.15) is 5.26 Å². The van der Waals surface area contributed by atoms with Gasteiger partial charge >= 0.3 is 5.97 Å². The molecule has 0 radical (unpaired) electrons. The van der Waals surface area contributed by atoms with Gasteiger partial charge in [-0.1, -0.05) is 46.3 Å². The van der Waals surface area contributed by atoms with Crippen LogP contribution < -0.4 is 14.8 Å². The van der Waals surface area contributed by atoms with Gasteiger partial charge in [0, 0.05) is 11.0 Å². The van der Waals surface area contributed by atoms with Crippen LogP contribution in [0.1, 0.15) is 31.4 Å². The highest BCUT2D eigenvalue weighted by Gasteiger charge is 2.15. The molecule has 8 heteroatoms. The van der Waals surface area contributed by atoms with Crippen LogP contribution in [0.5, 0.6) is 11.5 Å². The number of nitriles is 1. The van der Waals surface area contributed by atoms with Gasteiger partial charge in [-0.15, -0.1) is 0 Å². The number of ether oxygens (including phenoxy) is 3. The second-order valence-electron chi connectivity index (χ2n) is 6.86. The summed E-state index contributed by atoms with van der Waals surface area (Å²) in [5, 5.41) is 12.3. The number of esters is 1. The summed E-state index contributed by atoms with van der Waals surface area (Å²) in [5.41, 5.74) is 1.73. The minimum Gasteiger partial charge on any atom is -0.490 e. The van der Waals surface area contributed by atoms with Crippen molar-refractivity contribution in [2.75, 3.05) is 26.4 Å². The zero-order valence-electron chi connectivity index (χ0n) is 18.7. The first kappa shape index (κ1) is 25.9. The number of aryl methyl sites for hydroxylation is 1. The lowest BCUT2D eigenvalue weighted by Crippen LogP contribution is -2.25. The molecule has 7 nitrogen and oxygen atoms in total. The van der Waals surface area contributed by atoms with Crippen LogP contribution in [0, 0.1) is 11.3 Å². The fourth-order valence-electron chi connectivity index (χ4n) is 2.92. The van der Waals surface area contributed by atoms with E-state index in [4.69, 9.17) is 14.2 Å². The van der Waals surface area contributed by atoms with Crippen molar-refractivity contribution in [1.29, 1.82) is 5.26 Å². The quantitative estimate of drug-likeness (QED) is 0.194. The van der Waals surface area contributed by atoms with Crippen molar-refractivity contribution in [3.8, 4) is 17.6 Å². The van der Waals surface area contributed by atoms with Crippen LogP contribution in [0.15, 0.2) is 52.5 Å². The summed E-state index contributed by atoms with van der Waals surface area (Å²) in [7, 11) is 0. The minimum absolute atomic E-state index is 0.0296. The van der Waals surface area contributed by atoms with Crippen molar-refractivity contribution in [1.82, 2.24) is 5.32 Å². The molecule has 0 aromatic heterocycles. The van der Waals surface area contributed by atoms with Gasteiger partial charge < -0.3 is 19.5 Å². The van der Waals surface area contributed by atoms with E-state index >= 15 is 0 Å². The Balaban J connectivity index is 2.08. The van der Waals surface area contributed by atoms with Crippen molar-refractivity contribution in [2.45, 2.75) is 26.7 Å². The van der Waals surface area contributed by atoms with Crippen LogP contribution in [0.2, 0.25) is 0 Å². The molecule has 0 aliphatic carbocycles. The first-order chi connectivity index (χ1) is 16.0. The second-order valence-corrected chi connectivity index (χ2v) is 7.72. The molecule has 33 heavy (non-hydrogen) atoms. The summed E-state index contributed by atoms with van der Waals surface area (Å²) in [6, 6.07) is 15.2. The normalized spacial score (nSPS) is 10.8. The SMILES string of the molecule is CCOC(=O)COc1cc(Br)c(/C=C(/C#N)C(=O)NCCCc2ccccc2)cc1OCC. The number of halogens is 1. The van der Waals surface area contributed by atoms with E-state index in [1.54, 1.807) is 19.1 Å². The molecule has 1 N–H and O–H groups in total. The lowest BCUT2D eigenvalue weighted by atomic mass is 10.1. The van der Waals surface area contributed by atoms with E-state index in [0.29, 0.717) is 34.7 Å². The summed E-state index contributed by atoms with van der Waals surface area (Å²) in [4.78, 5) is 24.1. The molecule has 2 aromatic carbocycles. The van der Waals surface area contributed by atoms with E-state index < -0.39 is 11.9 Å². The number of nitrogens with zero attached hydrogens (tertiary/aromatic N) is 1. The Morgan fingerprint density at radius 2 is 1.82 bits per heavy atom. The summed E-state index contributed by atoms with van der Waals surface area (Å²) in [6.07, 6.45) is 3.08. The molecule has 0 saturated carbocycles. The highest BCUT2D eigenvalue weighted by atomic mass is 79.9. The minimum atomic E-state index is -0.490. The highest BCUT2D eigenvalue weighted by molar-refractivity contribution is 9.10. The first-order valence-electron chi connectivity index (χ1n) is 10.7. The van der Waals surface area contributed by atoms with Gasteiger partial charge in [0.05, 0.1) is 13.2 Å². The number of amides is 1. The first-order valence-corrected chi connectivity index (χ1v) is 11.5. The molecule has 2 rings (SSSR count). The van der Waals surface area contributed by atoms with E-state index in [-0.39, 0.29) is 18.8 Å². The van der Waals surface area contributed by atoms with Crippen molar-refractivity contribution < 1.29 is 23.8 Å². The standard InChI is InChI=1S/C25H27BrN2O5/c1-3-31-22-14-19(21(26)15-23(22)33-17-24(29)32-4-2)13-20(16-27)25(30)28-12-8-11-18-9-6-5-7-10-18/h5-7,9-10,13-15H,3-4,8,11-12,17H2,1-2H3,(H,28,30)/b20-13-. The molecule has 0 bridgehead atoms. The van der Waals surface area contributed by atoms with Crippen LogP contribution in [0.4, 0.5) is 0 Å². The van der Waals surface area contributed by atoms with Gasteiger partial charge in [-0.3, -0.25) is 4.79 Å². The van der Waals surface area contributed by atoms with E-state index in [1.807, 2.05) is 43.3 Å². The van der Waals surface area contributed by atoms with Crippen molar-refractivity contribution in [3.05, 3.63) is 63.6 Å². The maximum absolute atomic E-state index is 12.5. The summed E-state index contributed by atoms with van der Waals surface area (Å²) in [5.74, 6) is -0.205. The summed E-state index contributed by atoms with van der Waals surface area (Å²) >= 11 is 3.43. The van der Waals surface area contributed by atoms with Crippen molar-refractivity contribution >= 4 is 33.9 Å². The topological polar surface area (TPSA) is 97.7 Å². The Morgan fingerprint density at radius 1 is 1.09 bits per heavy atom. The number of carbonyl (C=O) groups is 2. The fraction of sp³-hybridized carbons (Fsp3) is 0.320. The Bertz CT molecular complexity index is 1020. The van der Waals surface area contributed by atoms with Crippen LogP contribution in [-0.4, -0.2) is 38.2 Å². The van der Waals surface area contributed by atoms with Crippen LogP contribution in [0.3, 0.4) is 0 Å². The maximum atomic E-state index is 12.5. The molecule has 0 atom stereocenters. The predicted molar refractivity (Wildman–Crippen MR) is 129 cm³/mol. The smallest absolute Gasteiger partial charge is 0.344 e. The summed E-state index contributed by atoms with van der Waals surface area (Å²) in [6.45, 7) is 4.36. The molecule has 174 valence electrons. The number of hydrogen-bond acceptors (Lipinski definition) is 6. The van der Waals surface area contributed by atoms with Crippen LogP contribution in [0.25, 0.3) is 6.08 Å². The Hall–Kier alpha value is -3.31. The number of carbonyl (C=O) groups excluding carboxylic acids is 2. The molecular formula is C25H27BrN2O5. The van der Waals surface area contributed by atoms with Gasteiger partial charge in [0.25, 0.3) is 5.91 Å². The lowest BCUT2D eigenvalue weighted by molar-refractivity contribution is -0.145. The molecule has 0 saturated heterocycles. The van der Waals surface area contributed by atoms with Crippen molar-refractivity contribution in [3.63, 3.8) is 0 Å². The van der Waals surface area contributed by atoms with E-state index in [0.717, 1.165) is 12.8 Å². The number of rotatable bonds is 12. The number of nitrogens with one attached hydrogen (secondary N) is 1. The summed E-state index contributed by atoms with van der Waals surface area (Å²) < 4.78 is 16.6. The Kier molecular flexibility index (Phi) is 11.0. The van der Waals surface area contributed by atoms with E-state index in [1.165, 1.54) is 11.6 Å². The average Bonchev–Trinajstić information content (AvgIpc) is 2.81. The number of hydrogen-bond donors (Lipinski definition) is 1. The van der Waals surface area contributed by atoms with Gasteiger partial charge in [-0.05, 0) is 56.0 Å². The maximum Gasteiger partial charge on any atom is 0.344 e. The zero-order valence-corrected chi connectivity index (χ0v) is 20.3. The van der Waals surface area contributed by atoms with Gasteiger partial charge in [0.15, 0.2) is 18.1 Å². The second kappa shape index (κ2) is 14.0. The van der Waals surface area contributed by atoms with Crippen LogP contribution in [-0.2, 0) is 20.7 Å². The molecule has 0 fully saturated rings. The fourth-order valence-corrected chi connectivity index (χ4v) is 3.36. The lowest BCUT2D eigenvalue weighted by Gasteiger charge is -2.14. The third-order valence-corrected chi connectivity index (χ3v) is 5.14. The molecule has 0 aliphatic rings. The van der Waals surface area contributed by atoms with Gasteiger partial charge in [-0.25, -0.2) is 4.79 Å². The molecule has 2 aromatic rings. The Morgan fingerprint density at radius 3 is 2.48 bits per heavy atom. The molecular weight excluding hydrogens is 488 g/mol. The third-order valence-electron chi connectivity index (χ3n) is 4.45.